The number of aliphatic hydroxyl groups is 1. The monoisotopic (exact) mass is 357 g/mol. The highest BCUT2D eigenvalue weighted by Gasteiger charge is 2.12. The van der Waals surface area contributed by atoms with Crippen molar-refractivity contribution >= 4 is 0 Å². The van der Waals surface area contributed by atoms with Crippen molar-refractivity contribution in [1.29, 1.82) is 0 Å². The summed E-state index contributed by atoms with van der Waals surface area (Å²) in [5, 5.41) is 8.87. The largest absolute Gasteiger partial charge is 0.395 e. The first-order chi connectivity index (χ1) is 12.1. The van der Waals surface area contributed by atoms with Gasteiger partial charge in [-0.3, -0.25) is 4.59 Å². The van der Waals surface area contributed by atoms with Crippen LogP contribution in [0.4, 0.5) is 0 Å². The van der Waals surface area contributed by atoms with Crippen molar-refractivity contribution in [2.45, 2.75) is 110 Å². The molecule has 2 N–H and O–H groups in total. The molecule has 0 heterocycles. The van der Waals surface area contributed by atoms with Gasteiger partial charge in [0.25, 0.3) is 0 Å². The zero-order valence-corrected chi connectivity index (χ0v) is 17.8. The van der Waals surface area contributed by atoms with Gasteiger partial charge in [0.1, 0.15) is 0 Å². The van der Waals surface area contributed by atoms with Gasteiger partial charge in [0.15, 0.2) is 0 Å². The minimum absolute atomic E-state index is 0.223. The van der Waals surface area contributed by atoms with E-state index in [-0.39, 0.29) is 6.61 Å². The number of nitrogens with one attached hydrogen (secondary N) is 1. The zero-order valence-electron chi connectivity index (χ0n) is 17.8. The Bertz CT molecular complexity index is 256. The molecule has 0 saturated heterocycles. The molecule has 0 rings (SSSR count). The van der Waals surface area contributed by atoms with E-state index < -0.39 is 0 Å². The molecular weight excluding hydrogens is 308 g/mol. The Morgan fingerprint density at radius 3 is 1.32 bits per heavy atom. The predicted molar refractivity (Wildman–Crippen MR) is 112 cm³/mol. The molecule has 152 valence electrons. The molecule has 3 heteroatoms. The van der Waals surface area contributed by atoms with Crippen LogP contribution in [0, 0.1) is 0 Å². The molecule has 3 nitrogen and oxygen atoms in total. The molecule has 0 radical (unpaired) electrons. The fourth-order valence-corrected chi connectivity index (χ4v) is 3.49. The van der Waals surface area contributed by atoms with E-state index in [1.165, 1.54) is 103 Å². The fraction of sp³-hybridized carbons (Fsp3) is 1.00. The number of rotatable bonds is 20. The van der Waals surface area contributed by atoms with Gasteiger partial charge in [-0.2, -0.15) is 5.43 Å². The van der Waals surface area contributed by atoms with Crippen LogP contribution in [0.3, 0.4) is 0 Å². The topological polar surface area (TPSA) is 32.3 Å². The maximum atomic E-state index is 8.87. The molecule has 0 atom stereocenters. The molecule has 0 aliphatic rings. The second kappa shape index (κ2) is 18.7. The van der Waals surface area contributed by atoms with Gasteiger partial charge in [-0.25, -0.2) is 0 Å². The van der Waals surface area contributed by atoms with Gasteiger partial charge in [-0.05, 0) is 12.8 Å². The van der Waals surface area contributed by atoms with Crippen molar-refractivity contribution in [2.75, 3.05) is 33.8 Å². The summed E-state index contributed by atoms with van der Waals surface area (Å²) >= 11 is 0. The third-order valence-corrected chi connectivity index (χ3v) is 5.22. The van der Waals surface area contributed by atoms with Gasteiger partial charge in [0.05, 0.1) is 33.8 Å². The molecule has 0 aromatic heterocycles. The lowest BCUT2D eigenvalue weighted by atomic mass is 10.0. The summed E-state index contributed by atoms with van der Waals surface area (Å²) in [6.45, 7) is 4.35. The van der Waals surface area contributed by atoms with Crippen molar-refractivity contribution in [1.82, 2.24) is 5.43 Å². The minimum Gasteiger partial charge on any atom is -0.395 e. The lowest BCUT2D eigenvalue weighted by Gasteiger charge is -2.29. The second-order valence-electron chi connectivity index (χ2n) is 8.34. The normalized spacial score (nSPS) is 12.0. The third-order valence-electron chi connectivity index (χ3n) is 5.22. The van der Waals surface area contributed by atoms with E-state index in [1.807, 2.05) is 0 Å². The molecule has 0 aliphatic heterocycles. The molecule has 0 aromatic carbocycles. The first-order valence-electron chi connectivity index (χ1n) is 11.3. The second-order valence-corrected chi connectivity index (χ2v) is 8.34. The van der Waals surface area contributed by atoms with Gasteiger partial charge < -0.3 is 5.11 Å². The number of unbranched alkanes of at least 4 members (excludes halogenated alkanes) is 15. The summed E-state index contributed by atoms with van der Waals surface area (Å²) in [6.07, 6.45) is 22.8. The first kappa shape index (κ1) is 24.9. The summed E-state index contributed by atoms with van der Waals surface area (Å²) in [5.74, 6) is 0. The van der Waals surface area contributed by atoms with Crippen LogP contribution in [0.2, 0.25) is 0 Å². The van der Waals surface area contributed by atoms with Crippen LogP contribution in [-0.4, -0.2) is 43.5 Å². The Morgan fingerprint density at radius 1 is 0.600 bits per heavy atom. The highest BCUT2D eigenvalue weighted by molar-refractivity contribution is 4.50. The fourth-order valence-electron chi connectivity index (χ4n) is 3.49. The summed E-state index contributed by atoms with van der Waals surface area (Å²) in [5.41, 5.74) is 3.35. The molecule has 0 saturated carbocycles. The molecular formula is C22H49N2O+. The Morgan fingerprint density at radius 2 is 0.960 bits per heavy atom. The third kappa shape index (κ3) is 20.0. The number of nitrogens with zero attached hydrogens (tertiary/aromatic N) is 1. The van der Waals surface area contributed by atoms with Gasteiger partial charge in [-0.1, -0.05) is 96.8 Å². The maximum absolute atomic E-state index is 8.87. The van der Waals surface area contributed by atoms with Gasteiger partial charge >= 0.3 is 0 Å². The summed E-state index contributed by atoms with van der Waals surface area (Å²) < 4.78 is 0.819. The quantitative estimate of drug-likeness (QED) is 0.163. The van der Waals surface area contributed by atoms with E-state index in [1.54, 1.807) is 0 Å². The first-order valence-corrected chi connectivity index (χ1v) is 11.3. The Hall–Kier alpha value is -0.120. The molecule has 0 unspecified atom stereocenters. The average molecular weight is 358 g/mol. The van der Waals surface area contributed by atoms with E-state index in [2.05, 4.69) is 26.4 Å². The van der Waals surface area contributed by atoms with E-state index >= 15 is 0 Å². The molecule has 0 aliphatic carbocycles. The van der Waals surface area contributed by atoms with Crippen molar-refractivity contribution < 1.29 is 9.70 Å². The number of quaternary nitrogens is 1. The number of hydrogen-bond acceptors (Lipinski definition) is 2. The lowest BCUT2D eigenvalue weighted by molar-refractivity contribution is -0.934. The number of aliphatic hydroxyl groups excluding tert-OH is 1. The van der Waals surface area contributed by atoms with Crippen LogP contribution >= 0.6 is 0 Å². The van der Waals surface area contributed by atoms with E-state index in [9.17, 15) is 0 Å². The van der Waals surface area contributed by atoms with Gasteiger partial charge in [-0.15, -0.1) is 0 Å². The Balaban J connectivity index is 3.14. The van der Waals surface area contributed by atoms with Crippen LogP contribution in [0.15, 0.2) is 0 Å². The van der Waals surface area contributed by atoms with E-state index in [0.717, 1.165) is 11.1 Å². The summed E-state index contributed by atoms with van der Waals surface area (Å²) in [4.78, 5) is 0. The maximum Gasteiger partial charge on any atom is 0.0957 e. The van der Waals surface area contributed by atoms with Crippen LogP contribution in [0.5, 0.6) is 0 Å². The molecule has 25 heavy (non-hydrogen) atoms. The van der Waals surface area contributed by atoms with Crippen LogP contribution in [0.1, 0.15) is 110 Å². The highest BCUT2D eigenvalue weighted by Crippen LogP contribution is 2.13. The molecule has 0 amide bonds. The van der Waals surface area contributed by atoms with E-state index in [4.69, 9.17) is 5.11 Å². The SMILES string of the molecule is CCCCCCCCCCCCCCCCCC[N+](C)(C)NCCO. The smallest absolute Gasteiger partial charge is 0.0957 e. The molecule has 0 spiro atoms. The zero-order chi connectivity index (χ0) is 18.6. The molecule has 0 bridgehead atoms. The Labute approximate surface area is 159 Å². The van der Waals surface area contributed by atoms with Crippen LogP contribution in [-0.2, 0) is 0 Å². The van der Waals surface area contributed by atoms with Crippen LogP contribution in [0.25, 0.3) is 0 Å². The molecule has 0 fully saturated rings. The Kier molecular flexibility index (Phi) is 18.6. The standard InChI is InChI=1S/C22H49N2O/c1-4-5-6-7-8-9-10-11-12-13-14-15-16-17-18-19-21-24(2,3)23-20-22-25/h23,25H,4-22H2,1-3H3/q+1. The van der Waals surface area contributed by atoms with Gasteiger partial charge in [0.2, 0.25) is 0 Å². The van der Waals surface area contributed by atoms with Crippen molar-refractivity contribution in [3.63, 3.8) is 0 Å². The van der Waals surface area contributed by atoms with Crippen LogP contribution < -0.4 is 5.43 Å². The number of hydrogen-bond donors (Lipinski definition) is 2. The predicted octanol–water partition coefficient (Wildman–Crippen LogP) is 5.82. The summed E-state index contributed by atoms with van der Waals surface area (Å²) in [7, 11) is 4.36. The average Bonchev–Trinajstić information content (AvgIpc) is 2.59. The lowest BCUT2D eigenvalue weighted by Crippen LogP contribution is -2.53. The van der Waals surface area contributed by atoms with Crippen molar-refractivity contribution in [3.8, 4) is 0 Å². The molecule has 0 aromatic rings. The van der Waals surface area contributed by atoms with Gasteiger partial charge in [0, 0.05) is 0 Å². The van der Waals surface area contributed by atoms with Crippen molar-refractivity contribution in [3.05, 3.63) is 0 Å². The highest BCUT2D eigenvalue weighted by atomic mass is 16.3. The minimum atomic E-state index is 0.223. The summed E-state index contributed by atoms with van der Waals surface area (Å²) in [6, 6.07) is 0. The van der Waals surface area contributed by atoms with E-state index in [0.29, 0.717) is 6.54 Å². The van der Waals surface area contributed by atoms with Crippen molar-refractivity contribution in [2.24, 2.45) is 0 Å².